The van der Waals surface area contributed by atoms with E-state index in [1.165, 1.54) is 11.1 Å². The Morgan fingerprint density at radius 2 is 2.03 bits per heavy atom. The molecule has 0 aliphatic heterocycles. The van der Waals surface area contributed by atoms with Gasteiger partial charge in [0.05, 0.1) is 0 Å². The number of rotatable bonds is 7. The number of Topliss-reactive ketones (excluding diaryl/α,β-unsaturated/α-hetero) is 2. The third kappa shape index (κ3) is 3.50. The number of ether oxygens (including phenoxy) is 1. The van der Waals surface area contributed by atoms with Crippen molar-refractivity contribution in [3.05, 3.63) is 35.5 Å². The first-order chi connectivity index (χ1) is 14.6. The summed E-state index contributed by atoms with van der Waals surface area (Å²) in [4.78, 5) is 36.0. The maximum atomic E-state index is 13.1. The van der Waals surface area contributed by atoms with Gasteiger partial charge in [-0.05, 0) is 76.4 Å². The zero-order valence-electron chi connectivity index (χ0n) is 18.9. The first kappa shape index (κ1) is 22.3. The first-order valence-electron chi connectivity index (χ1n) is 11.6. The van der Waals surface area contributed by atoms with E-state index in [0.29, 0.717) is 38.2 Å². The maximum Gasteiger partial charge on any atom is 0.190 e. The lowest BCUT2D eigenvalue weighted by atomic mass is 9.51. The van der Waals surface area contributed by atoms with Crippen molar-refractivity contribution in [3.8, 4) is 0 Å². The summed E-state index contributed by atoms with van der Waals surface area (Å²) in [7, 11) is 0. The third-order valence-corrected chi connectivity index (χ3v) is 8.61. The molecule has 0 radical (unpaired) electrons. The minimum Gasteiger partial charge on any atom is -0.381 e. The number of aliphatic hydroxyl groups is 1. The Morgan fingerprint density at radius 3 is 2.77 bits per heavy atom. The number of hydrogen-bond donors (Lipinski definition) is 1. The fraction of sp³-hybridized carbons (Fsp3) is 0.654. The molecule has 1 N–H and O–H groups in total. The lowest BCUT2D eigenvalue weighted by Gasteiger charge is -2.53. The summed E-state index contributed by atoms with van der Waals surface area (Å²) in [5, 5.41) is 11.6. The molecule has 2 saturated carbocycles. The highest BCUT2D eigenvalue weighted by atomic mass is 16.5. The predicted octanol–water partition coefficient (Wildman–Crippen LogP) is 3.90. The molecule has 5 atom stereocenters. The number of hydrogen-bond acceptors (Lipinski definition) is 5. The van der Waals surface area contributed by atoms with Gasteiger partial charge in [-0.3, -0.25) is 9.59 Å². The molecule has 0 aromatic rings. The fourth-order valence-electron chi connectivity index (χ4n) is 6.70. The lowest BCUT2D eigenvalue weighted by Crippen LogP contribution is -2.55. The monoisotopic (exact) mass is 426 g/mol. The summed E-state index contributed by atoms with van der Waals surface area (Å²) in [5.41, 5.74) is 0.438. The van der Waals surface area contributed by atoms with Gasteiger partial charge < -0.3 is 14.6 Å². The molecule has 0 saturated heterocycles. The molecule has 0 aromatic carbocycles. The van der Waals surface area contributed by atoms with Crippen LogP contribution in [-0.2, 0) is 19.1 Å². The van der Waals surface area contributed by atoms with E-state index < -0.39 is 11.0 Å². The van der Waals surface area contributed by atoms with E-state index in [2.05, 4.69) is 19.9 Å². The molecule has 0 spiro atoms. The van der Waals surface area contributed by atoms with Crippen LogP contribution < -0.4 is 0 Å². The van der Waals surface area contributed by atoms with Crippen molar-refractivity contribution in [3.63, 3.8) is 0 Å². The van der Waals surface area contributed by atoms with Gasteiger partial charge in [0.1, 0.15) is 18.0 Å². The Hall–Kier alpha value is -1.85. The van der Waals surface area contributed by atoms with Crippen LogP contribution in [-0.4, -0.2) is 41.3 Å². The van der Waals surface area contributed by atoms with Gasteiger partial charge in [-0.25, -0.2) is 0 Å². The molecular weight excluding hydrogens is 392 g/mol. The number of allylic oxidation sites excluding steroid dienone is 6. The van der Waals surface area contributed by atoms with Gasteiger partial charge in [-0.2, -0.15) is 0 Å². The Morgan fingerprint density at radius 1 is 1.26 bits per heavy atom. The Bertz CT molecular complexity index is 895. The van der Waals surface area contributed by atoms with Crippen LogP contribution in [0.5, 0.6) is 0 Å². The molecule has 0 amide bonds. The summed E-state index contributed by atoms with van der Waals surface area (Å²) in [6.07, 6.45) is 12.6. The Kier molecular flexibility index (Phi) is 5.72. The molecule has 4 aliphatic carbocycles. The van der Waals surface area contributed by atoms with E-state index in [-0.39, 0.29) is 35.3 Å². The van der Waals surface area contributed by atoms with E-state index in [9.17, 15) is 19.5 Å². The highest BCUT2D eigenvalue weighted by Crippen LogP contribution is 2.65. The quantitative estimate of drug-likeness (QED) is 0.493. The molecule has 2 fully saturated rings. The summed E-state index contributed by atoms with van der Waals surface area (Å²) >= 11 is 0. The summed E-state index contributed by atoms with van der Waals surface area (Å²) in [6.45, 7) is 6.06. The predicted molar refractivity (Wildman–Crippen MR) is 117 cm³/mol. The van der Waals surface area contributed by atoms with Gasteiger partial charge in [-0.1, -0.05) is 30.2 Å². The van der Waals surface area contributed by atoms with E-state index in [4.69, 9.17) is 4.74 Å². The van der Waals surface area contributed by atoms with E-state index in [1.807, 2.05) is 6.08 Å². The van der Waals surface area contributed by atoms with Crippen LogP contribution in [0.4, 0.5) is 0 Å². The molecule has 168 valence electrons. The van der Waals surface area contributed by atoms with Crippen LogP contribution in [0.3, 0.4) is 0 Å². The average Bonchev–Trinajstić information content (AvgIpc) is 3.00. The standard InChI is InChI=1S/C26H34O5/c1-17(27)5-4-14-31-16-23(29)26(30)13-10-22-20-7-6-18-15-19(28)8-11-24(18,2)21(20)9-12-25(22,26)3/h8-9,11,15,20,22,30H,4-7,10,12-14,16H2,1-3H3/t20?,22?,24-,25-,26-/m0/s1. The molecule has 4 aliphatic rings. The molecular formula is C26H34O5. The highest BCUT2D eigenvalue weighted by Gasteiger charge is 2.64. The summed E-state index contributed by atoms with van der Waals surface area (Å²) in [6, 6.07) is 0. The molecule has 0 bridgehead atoms. The van der Waals surface area contributed by atoms with E-state index in [1.54, 1.807) is 19.1 Å². The van der Waals surface area contributed by atoms with Gasteiger partial charge >= 0.3 is 0 Å². The van der Waals surface area contributed by atoms with Crippen molar-refractivity contribution in [1.29, 1.82) is 0 Å². The Balaban J connectivity index is 1.52. The average molecular weight is 427 g/mol. The molecule has 5 nitrogen and oxygen atoms in total. The zero-order valence-corrected chi connectivity index (χ0v) is 18.9. The molecule has 0 heterocycles. The summed E-state index contributed by atoms with van der Waals surface area (Å²) < 4.78 is 5.53. The van der Waals surface area contributed by atoms with E-state index in [0.717, 1.165) is 19.3 Å². The largest absolute Gasteiger partial charge is 0.381 e. The molecule has 31 heavy (non-hydrogen) atoms. The second-order valence-electron chi connectivity index (χ2n) is 10.3. The molecule has 0 aromatic heterocycles. The normalized spacial score (nSPS) is 38.6. The number of fused-ring (bicyclic) bond motifs is 5. The fourth-order valence-corrected chi connectivity index (χ4v) is 6.70. The van der Waals surface area contributed by atoms with Crippen molar-refractivity contribution in [2.75, 3.05) is 13.2 Å². The van der Waals surface area contributed by atoms with Gasteiger partial charge in [0.25, 0.3) is 0 Å². The first-order valence-corrected chi connectivity index (χ1v) is 11.6. The second kappa shape index (κ2) is 7.93. The van der Waals surface area contributed by atoms with Crippen LogP contribution >= 0.6 is 0 Å². The van der Waals surface area contributed by atoms with Gasteiger partial charge in [0, 0.05) is 23.9 Å². The SMILES string of the molecule is CC(=O)CCCOCC(=O)[C@@]1(O)CCC2C3CCC4=CC(=O)C=C[C@]4(C)C3=CC[C@@]21C. The molecule has 4 rings (SSSR count). The summed E-state index contributed by atoms with van der Waals surface area (Å²) in [5.74, 6) is 0.501. The van der Waals surface area contributed by atoms with Crippen LogP contribution in [0.1, 0.15) is 65.7 Å². The van der Waals surface area contributed by atoms with Crippen molar-refractivity contribution >= 4 is 17.3 Å². The topological polar surface area (TPSA) is 80.7 Å². The van der Waals surface area contributed by atoms with Gasteiger partial charge in [0.15, 0.2) is 11.6 Å². The van der Waals surface area contributed by atoms with Crippen LogP contribution in [0.2, 0.25) is 0 Å². The lowest BCUT2D eigenvalue weighted by molar-refractivity contribution is -0.157. The van der Waals surface area contributed by atoms with Crippen molar-refractivity contribution in [1.82, 2.24) is 0 Å². The number of carbonyl (C=O) groups excluding carboxylic acids is 3. The van der Waals surface area contributed by atoms with Crippen LogP contribution in [0, 0.1) is 22.7 Å². The highest BCUT2D eigenvalue weighted by molar-refractivity contribution is 6.01. The van der Waals surface area contributed by atoms with Gasteiger partial charge in [-0.15, -0.1) is 0 Å². The second-order valence-corrected chi connectivity index (χ2v) is 10.3. The Labute approximate surface area is 184 Å². The van der Waals surface area contributed by atoms with Crippen LogP contribution in [0.15, 0.2) is 35.5 Å². The smallest absolute Gasteiger partial charge is 0.190 e. The minimum absolute atomic E-state index is 0.0660. The molecule has 2 unspecified atom stereocenters. The van der Waals surface area contributed by atoms with Gasteiger partial charge in [0.2, 0.25) is 0 Å². The zero-order chi connectivity index (χ0) is 22.4. The minimum atomic E-state index is -1.38. The van der Waals surface area contributed by atoms with Crippen molar-refractivity contribution in [2.24, 2.45) is 22.7 Å². The number of ketones is 3. The van der Waals surface area contributed by atoms with Crippen molar-refractivity contribution in [2.45, 2.75) is 71.3 Å². The van der Waals surface area contributed by atoms with Crippen molar-refractivity contribution < 1.29 is 24.2 Å². The maximum absolute atomic E-state index is 13.1. The third-order valence-electron chi connectivity index (χ3n) is 8.61. The van der Waals surface area contributed by atoms with Crippen LogP contribution in [0.25, 0.3) is 0 Å². The molecule has 5 heteroatoms. The van der Waals surface area contributed by atoms with E-state index >= 15 is 0 Å². The number of carbonyl (C=O) groups is 3.